The molecule has 1 aliphatic carbocycles. The summed E-state index contributed by atoms with van der Waals surface area (Å²) in [5, 5.41) is 0. The highest BCUT2D eigenvalue weighted by Gasteiger charge is 2.28. The Labute approximate surface area is 96.1 Å². The standard InChI is InChI=1S/C12H20N2S/c1-2-7-14(10-3-4-10)9-12-6-5-11(8-13)15-12/h5-6,10H,2-4,7-9,13H2,1H3. The van der Waals surface area contributed by atoms with Gasteiger partial charge in [-0.15, -0.1) is 11.3 Å². The van der Waals surface area contributed by atoms with E-state index in [0.29, 0.717) is 6.54 Å². The fourth-order valence-corrected chi connectivity index (χ4v) is 2.86. The smallest absolute Gasteiger partial charge is 0.0330 e. The summed E-state index contributed by atoms with van der Waals surface area (Å²) in [6.07, 6.45) is 4.05. The molecule has 2 N–H and O–H groups in total. The lowest BCUT2D eigenvalue weighted by Gasteiger charge is -2.20. The SMILES string of the molecule is CCCN(Cc1ccc(CN)s1)C1CC1. The molecule has 1 aromatic rings. The van der Waals surface area contributed by atoms with Crippen LogP contribution in [0.2, 0.25) is 0 Å². The van der Waals surface area contributed by atoms with Gasteiger partial charge in [0.2, 0.25) is 0 Å². The normalized spacial score (nSPS) is 16.2. The fraction of sp³-hybridized carbons (Fsp3) is 0.667. The van der Waals surface area contributed by atoms with Gasteiger partial charge in [-0.1, -0.05) is 6.92 Å². The Kier molecular flexibility index (Phi) is 3.78. The van der Waals surface area contributed by atoms with Gasteiger partial charge in [-0.2, -0.15) is 0 Å². The molecule has 0 spiro atoms. The summed E-state index contributed by atoms with van der Waals surface area (Å²) in [5.41, 5.74) is 5.62. The molecule has 3 heteroatoms. The van der Waals surface area contributed by atoms with Crippen molar-refractivity contribution >= 4 is 11.3 Å². The predicted molar refractivity (Wildman–Crippen MR) is 65.9 cm³/mol. The Bertz CT molecular complexity index is 304. The molecular formula is C12H20N2S. The van der Waals surface area contributed by atoms with Crippen molar-refractivity contribution in [3.63, 3.8) is 0 Å². The first-order chi connectivity index (χ1) is 7.33. The predicted octanol–water partition coefficient (Wildman–Crippen LogP) is 2.58. The van der Waals surface area contributed by atoms with Crippen molar-refractivity contribution in [3.05, 3.63) is 21.9 Å². The number of thiophene rings is 1. The highest BCUT2D eigenvalue weighted by Crippen LogP contribution is 2.29. The van der Waals surface area contributed by atoms with Gasteiger partial charge in [0.05, 0.1) is 0 Å². The van der Waals surface area contributed by atoms with Crippen LogP contribution >= 0.6 is 11.3 Å². The molecule has 0 aromatic carbocycles. The summed E-state index contributed by atoms with van der Waals surface area (Å²) < 4.78 is 0. The molecule has 0 aliphatic heterocycles. The second kappa shape index (κ2) is 5.10. The first kappa shape index (κ1) is 11.1. The number of rotatable bonds is 6. The first-order valence-electron chi connectivity index (χ1n) is 5.85. The highest BCUT2D eigenvalue weighted by atomic mass is 32.1. The van der Waals surface area contributed by atoms with E-state index in [2.05, 4.69) is 24.0 Å². The van der Waals surface area contributed by atoms with Crippen LogP contribution in [0.3, 0.4) is 0 Å². The lowest BCUT2D eigenvalue weighted by atomic mass is 10.3. The molecule has 1 aliphatic rings. The van der Waals surface area contributed by atoms with E-state index in [9.17, 15) is 0 Å². The van der Waals surface area contributed by atoms with Gasteiger partial charge in [0.1, 0.15) is 0 Å². The summed E-state index contributed by atoms with van der Waals surface area (Å²) in [7, 11) is 0. The molecule has 0 radical (unpaired) electrons. The van der Waals surface area contributed by atoms with Gasteiger partial charge in [0, 0.05) is 28.9 Å². The van der Waals surface area contributed by atoms with Crippen LogP contribution in [0.25, 0.3) is 0 Å². The van der Waals surface area contributed by atoms with Crippen molar-refractivity contribution in [2.45, 2.75) is 45.3 Å². The van der Waals surface area contributed by atoms with E-state index < -0.39 is 0 Å². The minimum Gasteiger partial charge on any atom is -0.326 e. The van der Waals surface area contributed by atoms with Crippen molar-refractivity contribution < 1.29 is 0 Å². The molecule has 0 amide bonds. The van der Waals surface area contributed by atoms with Crippen LogP contribution in [-0.4, -0.2) is 17.5 Å². The third kappa shape index (κ3) is 3.03. The van der Waals surface area contributed by atoms with Crippen LogP contribution in [0, 0.1) is 0 Å². The van der Waals surface area contributed by atoms with Gasteiger partial charge in [-0.05, 0) is 37.9 Å². The van der Waals surface area contributed by atoms with Crippen molar-refractivity contribution in [2.24, 2.45) is 5.73 Å². The molecule has 15 heavy (non-hydrogen) atoms. The van der Waals surface area contributed by atoms with Crippen molar-refractivity contribution in [3.8, 4) is 0 Å². The zero-order valence-corrected chi connectivity index (χ0v) is 10.2. The average Bonchev–Trinajstić information content (AvgIpc) is 2.99. The van der Waals surface area contributed by atoms with Crippen molar-refractivity contribution in [2.75, 3.05) is 6.54 Å². The Balaban J connectivity index is 1.92. The van der Waals surface area contributed by atoms with Gasteiger partial charge >= 0.3 is 0 Å². The minimum atomic E-state index is 0.682. The molecule has 0 unspecified atom stereocenters. The summed E-state index contributed by atoms with van der Waals surface area (Å²) in [5.74, 6) is 0. The highest BCUT2D eigenvalue weighted by molar-refractivity contribution is 7.11. The van der Waals surface area contributed by atoms with Gasteiger partial charge in [-0.25, -0.2) is 0 Å². The molecule has 2 nitrogen and oxygen atoms in total. The third-order valence-corrected chi connectivity index (χ3v) is 3.94. The zero-order chi connectivity index (χ0) is 10.7. The van der Waals surface area contributed by atoms with Gasteiger partial charge in [0.15, 0.2) is 0 Å². The summed E-state index contributed by atoms with van der Waals surface area (Å²) in [6, 6.07) is 5.27. The lowest BCUT2D eigenvalue weighted by molar-refractivity contribution is 0.257. The fourth-order valence-electron chi connectivity index (χ4n) is 1.93. The Morgan fingerprint density at radius 1 is 1.40 bits per heavy atom. The van der Waals surface area contributed by atoms with E-state index in [4.69, 9.17) is 5.73 Å². The zero-order valence-electron chi connectivity index (χ0n) is 9.41. The summed E-state index contributed by atoms with van der Waals surface area (Å²) in [6.45, 7) is 5.31. The summed E-state index contributed by atoms with van der Waals surface area (Å²) in [4.78, 5) is 5.39. The number of nitrogens with two attached hydrogens (primary N) is 1. The van der Waals surface area contributed by atoms with Crippen molar-refractivity contribution in [1.29, 1.82) is 0 Å². The maximum Gasteiger partial charge on any atom is 0.0330 e. The third-order valence-electron chi connectivity index (χ3n) is 2.85. The molecule has 2 rings (SSSR count). The Morgan fingerprint density at radius 2 is 2.13 bits per heavy atom. The monoisotopic (exact) mass is 224 g/mol. The second-order valence-electron chi connectivity index (χ2n) is 4.27. The maximum atomic E-state index is 5.62. The molecule has 1 aromatic heterocycles. The van der Waals surface area contributed by atoms with Crippen LogP contribution in [0.4, 0.5) is 0 Å². The molecule has 1 saturated carbocycles. The van der Waals surface area contributed by atoms with E-state index >= 15 is 0 Å². The second-order valence-corrected chi connectivity index (χ2v) is 5.53. The van der Waals surface area contributed by atoms with Crippen LogP contribution in [0.5, 0.6) is 0 Å². The van der Waals surface area contributed by atoms with E-state index in [1.165, 1.54) is 35.6 Å². The van der Waals surface area contributed by atoms with E-state index in [1.807, 2.05) is 11.3 Å². The first-order valence-corrected chi connectivity index (χ1v) is 6.67. The molecule has 0 saturated heterocycles. The molecule has 1 fully saturated rings. The summed E-state index contributed by atoms with van der Waals surface area (Å²) >= 11 is 1.87. The minimum absolute atomic E-state index is 0.682. The molecule has 0 bridgehead atoms. The number of nitrogens with zero attached hydrogens (tertiary/aromatic N) is 1. The van der Waals surface area contributed by atoms with Gasteiger partial charge in [0.25, 0.3) is 0 Å². The lowest BCUT2D eigenvalue weighted by Crippen LogP contribution is -2.25. The number of hydrogen-bond acceptors (Lipinski definition) is 3. The topological polar surface area (TPSA) is 29.3 Å². The molecule has 1 heterocycles. The Hall–Kier alpha value is -0.380. The van der Waals surface area contributed by atoms with Crippen LogP contribution in [0.1, 0.15) is 35.9 Å². The van der Waals surface area contributed by atoms with Crippen molar-refractivity contribution in [1.82, 2.24) is 4.90 Å². The van der Waals surface area contributed by atoms with Crippen LogP contribution in [-0.2, 0) is 13.1 Å². The molecule has 84 valence electrons. The van der Waals surface area contributed by atoms with Gasteiger partial charge in [-0.3, -0.25) is 4.90 Å². The Morgan fingerprint density at radius 3 is 2.67 bits per heavy atom. The van der Waals surface area contributed by atoms with Crippen LogP contribution in [0.15, 0.2) is 12.1 Å². The van der Waals surface area contributed by atoms with Crippen LogP contribution < -0.4 is 5.73 Å². The van der Waals surface area contributed by atoms with E-state index in [-0.39, 0.29) is 0 Å². The maximum absolute atomic E-state index is 5.62. The molecule has 0 atom stereocenters. The quantitative estimate of drug-likeness (QED) is 0.804. The largest absolute Gasteiger partial charge is 0.326 e. The van der Waals surface area contributed by atoms with E-state index in [1.54, 1.807) is 0 Å². The molecular weight excluding hydrogens is 204 g/mol. The number of hydrogen-bond donors (Lipinski definition) is 1. The van der Waals surface area contributed by atoms with Gasteiger partial charge < -0.3 is 5.73 Å². The average molecular weight is 224 g/mol. The van der Waals surface area contributed by atoms with E-state index in [0.717, 1.165) is 12.6 Å².